The molecular weight excluding hydrogens is 1070 g/mol. The fraction of sp³-hybridized carbons (Fsp3) is 0.468. The van der Waals surface area contributed by atoms with Crippen molar-refractivity contribution in [3.63, 3.8) is 0 Å². The third kappa shape index (κ3) is 14.4. The Kier molecular flexibility index (Phi) is 19.0. The highest BCUT2D eigenvalue weighted by molar-refractivity contribution is 7.13. The van der Waals surface area contributed by atoms with Gasteiger partial charge in [0.25, 0.3) is 17.4 Å². The Balaban J connectivity index is 0.765. The number of β-amino-alcohol motifs (C(OH)–C–C–N with tert-alkyl or cyclic N) is 1. The molecule has 3 fully saturated rings. The number of thiazole rings is 1. The number of piperazine rings is 1. The Morgan fingerprint density at radius 1 is 0.880 bits per heavy atom. The van der Waals surface area contributed by atoms with Crippen LogP contribution in [0.1, 0.15) is 113 Å². The molecule has 0 saturated carbocycles. The number of carbonyl (C=O) groups excluding carboxylic acids is 5. The van der Waals surface area contributed by atoms with Gasteiger partial charge in [0.2, 0.25) is 17.7 Å². The summed E-state index contributed by atoms with van der Waals surface area (Å²) in [6, 6.07) is 20.7. The molecule has 0 aliphatic carbocycles. The van der Waals surface area contributed by atoms with Crippen LogP contribution in [0.15, 0.2) is 83.2 Å². The summed E-state index contributed by atoms with van der Waals surface area (Å²) in [7, 11) is 0. The lowest BCUT2D eigenvalue weighted by atomic mass is 9.85. The first-order valence-corrected chi connectivity index (χ1v) is 29.6. The summed E-state index contributed by atoms with van der Waals surface area (Å²) in [5.41, 5.74) is 11.5. The zero-order valence-corrected chi connectivity index (χ0v) is 49.7. The summed E-state index contributed by atoms with van der Waals surface area (Å²) in [4.78, 5) is 98.0. The van der Waals surface area contributed by atoms with Gasteiger partial charge < -0.3 is 45.5 Å². The molecule has 5 amide bonds. The fourth-order valence-electron chi connectivity index (χ4n) is 11.5. The molecule has 1 unspecified atom stereocenters. The first-order chi connectivity index (χ1) is 39.7. The maximum absolute atomic E-state index is 14.2. The summed E-state index contributed by atoms with van der Waals surface area (Å²) in [5.74, 6) is -1.76. The summed E-state index contributed by atoms with van der Waals surface area (Å²) >= 11 is 1.57. The van der Waals surface area contributed by atoms with Gasteiger partial charge in [-0.15, -0.1) is 16.4 Å². The predicted molar refractivity (Wildman–Crippen MR) is 319 cm³/mol. The molecule has 3 aromatic carbocycles. The van der Waals surface area contributed by atoms with Crippen molar-refractivity contribution in [3.05, 3.63) is 139 Å². The van der Waals surface area contributed by atoms with Crippen LogP contribution in [0.4, 0.5) is 5.69 Å². The van der Waals surface area contributed by atoms with E-state index < -0.39 is 35.4 Å². The van der Waals surface area contributed by atoms with E-state index in [9.17, 15) is 33.9 Å². The molecule has 9 rings (SSSR count). The van der Waals surface area contributed by atoms with Crippen molar-refractivity contribution in [1.82, 2.24) is 55.6 Å². The molecule has 3 aromatic heterocycles. The third-order valence-corrected chi connectivity index (χ3v) is 17.2. The van der Waals surface area contributed by atoms with Gasteiger partial charge in [-0.25, -0.2) is 4.98 Å². The number of hydrogen-bond donors (Lipinski definition) is 5. The van der Waals surface area contributed by atoms with Crippen molar-refractivity contribution < 1.29 is 33.8 Å². The first kappa shape index (κ1) is 60.0. The molecule has 440 valence electrons. The predicted octanol–water partition coefficient (Wildman–Crippen LogP) is 6.08. The van der Waals surface area contributed by atoms with E-state index in [1.54, 1.807) is 16.2 Å². The molecule has 3 aliphatic heterocycles. The Labute approximate surface area is 489 Å². The molecule has 3 saturated heterocycles. The summed E-state index contributed by atoms with van der Waals surface area (Å²) in [5, 5.41) is 27.9. The highest BCUT2D eigenvalue weighted by Crippen LogP contribution is 2.35. The molecule has 21 heteroatoms. The fourth-order valence-corrected chi connectivity index (χ4v) is 12.3. The second kappa shape index (κ2) is 26.3. The molecule has 0 radical (unpaired) electrons. The molecular formula is C62H78N12O8S. The number of aliphatic hydroxyl groups is 1. The van der Waals surface area contributed by atoms with Crippen molar-refractivity contribution in [1.29, 1.82) is 0 Å². The minimum Gasteiger partial charge on any atom is -0.391 e. The van der Waals surface area contributed by atoms with Crippen LogP contribution in [0, 0.1) is 33.1 Å². The number of aliphatic hydroxyl groups excluding tert-OH is 1. The number of nitrogens with zero attached hydrogens (tertiary/aromatic N) is 8. The van der Waals surface area contributed by atoms with Crippen molar-refractivity contribution in [3.8, 4) is 21.6 Å². The standard InChI is InChI=1S/C62H78N12O8S/c1-9-73(47-19-26-82-27-20-47)52-30-46(29-49(40(52)4)57(77)64-33-50-38(2)28-39(3)66-58(50)78)44-14-12-43(13-15-44)34-70-22-24-71(25-23-70)60(80)51-36-72(69-68-51)21-18-54(76)67-56(62(6,7)8)61(81)74-35-48(75)31-53(74)59(79)63-32-42-10-16-45(17-11-42)55-41(5)65-37-83-55/h10-17,28-30,36-37,47-48,53,56,75H,9,18-27,31-35H2,1-8H3,(H,63,79)(H,64,77)(H,66,78)(H,67,76)/t48-,53+,56?/m1/s1. The molecule has 20 nitrogen and oxygen atoms in total. The smallest absolute Gasteiger partial charge is 0.276 e. The van der Waals surface area contributed by atoms with E-state index in [1.165, 1.54) is 15.8 Å². The average Bonchev–Trinajstić information content (AvgIpc) is 4.36. The highest BCUT2D eigenvalue weighted by Gasteiger charge is 2.44. The van der Waals surface area contributed by atoms with E-state index in [2.05, 4.69) is 83.3 Å². The number of likely N-dealkylation sites (tertiary alicyclic amines) is 1. The van der Waals surface area contributed by atoms with Crippen LogP contribution in [-0.2, 0) is 45.3 Å². The number of carbonyl (C=O) groups is 5. The number of aryl methyl sites for hydroxylation is 4. The maximum Gasteiger partial charge on any atom is 0.276 e. The number of benzene rings is 3. The molecule has 6 heterocycles. The van der Waals surface area contributed by atoms with E-state index in [4.69, 9.17) is 4.74 Å². The maximum atomic E-state index is 14.2. The molecule has 3 atom stereocenters. The molecule has 83 heavy (non-hydrogen) atoms. The monoisotopic (exact) mass is 1150 g/mol. The number of rotatable bonds is 19. The van der Waals surface area contributed by atoms with Crippen molar-refractivity contribution in [2.24, 2.45) is 5.41 Å². The molecule has 5 N–H and O–H groups in total. The topological polar surface area (TPSA) is 240 Å². The molecule has 0 bridgehead atoms. The van der Waals surface area contributed by atoms with E-state index in [-0.39, 0.29) is 74.0 Å². The number of H-pyrrole nitrogens is 1. The van der Waals surface area contributed by atoms with Crippen LogP contribution in [-0.4, -0.2) is 151 Å². The van der Waals surface area contributed by atoms with Crippen LogP contribution in [0.25, 0.3) is 21.6 Å². The summed E-state index contributed by atoms with van der Waals surface area (Å²) in [6.45, 7) is 20.8. The Morgan fingerprint density at radius 2 is 1.58 bits per heavy atom. The molecule has 0 spiro atoms. The number of amides is 5. The van der Waals surface area contributed by atoms with Crippen molar-refractivity contribution in [2.75, 3.05) is 57.4 Å². The van der Waals surface area contributed by atoms with Gasteiger partial charge in [-0.05, 0) is 110 Å². The Morgan fingerprint density at radius 3 is 2.24 bits per heavy atom. The lowest BCUT2D eigenvalue weighted by molar-refractivity contribution is -0.144. The van der Waals surface area contributed by atoms with E-state index in [0.29, 0.717) is 57.1 Å². The second-order valence-corrected chi connectivity index (χ2v) is 24.1. The molecule has 3 aliphatic rings. The largest absolute Gasteiger partial charge is 0.391 e. The van der Waals surface area contributed by atoms with Crippen LogP contribution < -0.4 is 26.4 Å². The van der Waals surface area contributed by atoms with Crippen LogP contribution in [0.3, 0.4) is 0 Å². The van der Waals surface area contributed by atoms with E-state index in [1.807, 2.05) is 90.4 Å². The quantitative estimate of drug-likeness (QED) is 0.0619. The van der Waals surface area contributed by atoms with Gasteiger partial charge >= 0.3 is 0 Å². The number of aromatic amines is 1. The number of hydrogen-bond acceptors (Lipinski definition) is 14. The van der Waals surface area contributed by atoms with Crippen LogP contribution in [0.5, 0.6) is 0 Å². The highest BCUT2D eigenvalue weighted by atomic mass is 32.1. The van der Waals surface area contributed by atoms with Gasteiger partial charge in [-0.2, -0.15) is 0 Å². The van der Waals surface area contributed by atoms with Gasteiger partial charge in [-0.3, -0.25) is 38.3 Å². The van der Waals surface area contributed by atoms with Gasteiger partial charge in [0.15, 0.2) is 5.69 Å². The SMILES string of the molecule is CCN(c1cc(-c2ccc(CN3CCN(C(=O)c4cn(CCC(=O)NC(C(=O)N5C[C@H](O)C[C@H]5C(=O)NCc5ccc(-c6scnc6C)cc5)C(C)(C)C)nn4)CC3)cc2)cc(C(=O)NCc2c(C)cc(C)[nH]c2=O)c1C)C1CCOCC1. The van der Waals surface area contributed by atoms with Crippen LogP contribution >= 0.6 is 11.3 Å². The van der Waals surface area contributed by atoms with Gasteiger partial charge in [-0.1, -0.05) is 74.5 Å². The van der Waals surface area contributed by atoms with Gasteiger partial charge in [0.1, 0.15) is 12.1 Å². The summed E-state index contributed by atoms with van der Waals surface area (Å²) in [6.07, 6.45) is 2.45. The van der Waals surface area contributed by atoms with Crippen molar-refractivity contribution >= 4 is 46.6 Å². The second-order valence-electron chi connectivity index (χ2n) is 23.2. The van der Waals surface area contributed by atoms with Crippen molar-refractivity contribution in [2.45, 2.75) is 131 Å². The first-order valence-electron chi connectivity index (χ1n) is 28.8. The summed E-state index contributed by atoms with van der Waals surface area (Å²) < 4.78 is 7.16. The number of aromatic nitrogens is 5. The van der Waals surface area contributed by atoms with Gasteiger partial charge in [0, 0.05) is 114 Å². The minimum atomic E-state index is -0.998. The molecule has 6 aromatic rings. The zero-order valence-electron chi connectivity index (χ0n) is 48.9. The number of nitrogens with one attached hydrogen (secondary N) is 4. The lowest BCUT2D eigenvalue weighted by Gasteiger charge is -2.37. The van der Waals surface area contributed by atoms with Gasteiger partial charge in [0.05, 0.1) is 34.9 Å². The normalized spacial score (nSPS) is 17.3. The average molecular weight is 1150 g/mol. The number of ether oxygens (including phenoxy) is 1. The van der Waals surface area contributed by atoms with E-state index >= 15 is 0 Å². The third-order valence-electron chi connectivity index (χ3n) is 16.2. The zero-order chi connectivity index (χ0) is 59.1. The Bertz CT molecular complexity index is 3350. The minimum absolute atomic E-state index is 0.0400. The van der Waals surface area contributed by atoms with E-state index in [0.717, 1.165) is 80.3 Å². The number of pyridine rings is 1. The number of anilines is 1. The Hall–Kier alpha value is -7.59. The lowest BCUT2D eigenvalue weighted by Crippen LogP contribution is -2.57. The van der Waals surface area contributed by atoms with Crippen LogP contribution in [0.2, 0.25) is 0 Å².